The number of thiophene rings is 1. The van der Waals surface area contributed by atoms with Gasteiger partial charge >= 0.3 is 0 Å². The smallest absolute Gasteiger partial charge is 0.282 e. The lowest BCUT2D eigenvalue weighted by Gasteiger charge is -2.19. The summed E-state index contributed by atoms with van der Waals surface area (Å²) < 4.78 is 5.67. The van der Waals surface area contributed by atoms with Crippen LogP contribution < -0.4 is 15.0 Å². The van der Waals surface area contributed by atoms with Crippen molar-refractivity contribution in [2.24, 2.45) is 0 Å². The second-order valence-electron chi connectivity index (χ2n) is 7.00. The van der Waals surface area contributed by atoms with Crippen LogP contribution in [0, 0.1) is 13.8 Å². The largest absolute Gasteiger partial charge is 0.492 e. The molecule has 0 saturated heterocycles. The Kier molecular flexibility index (Phi) is 5.42. The van der Waals surface area contributed by atoms with Crippen LogP contribution >= 0.6 is 11.3 Å². The van der Waals surface area contributed by atoms with Crippen molar-refractivity contribution in [1.29, 1.82) is 0 Å². The molecular weight excluding hydrogens is 396 g/mol. The van der Waals surface area contributed by atoms with Crippen molar-refractivity contribution >= 4 is 40.1 Å². The highest BCUT2D eigenvalue weighted by Gasteiger charge is 2.41. The number of benzene rings is 2. The van der Waals surface area contributed by atoms with E-state index in [-0.39, 0.29) is 11.6 Å². The van der Waals surface area contributed by atoms with Gasteiger partial charge in [-0.15, -0.1) is 11.3 Å². The maximum atomic E-state index is 13.5. The van der Waals surface area contributed by atoms with Gasteiger partial charge in [-0.1, -0.05) is 24.3 Å². The molecule has 1 N–H and O–H groups in total. The number of rotatable bonds is 6. The number of hydrogen-bond donors (Lipinski definition) is 1. The highest BCUT2D eigenvalue weighted by Crippen LogP contribution is 2.39. The number of nitrogens with zero attached hydrogens (tertiary/aromatic N) is 1. The van der Waals surface area contributed by atoms with E-state index in [1.165, 1.54) is 16.2 Å². The third-order valence-electron chi connectivity index (χ3n) is 5.03. The molecule has 0 radical (unpaired) electrons. The Morgan fingerprint density at radius 1 is 0.967 bits per heavy atom. The minimum Gasteiger partial charge on any atom is -0.492 e. The Morgan fingerprint density at radius 2 is 1.77 bits per heavy atom. The van der Waals surface area contributed by atoms with Gasteiger partial charge in [0.05, 0.1) is 17.9 Å². The molecule has 0 atom stereocenters. The zero-order valence-corrected chi connectivity index (χ0v) is 17.9. The number of anilines is 2. The van der Waals surface area contributed by atoms with Gasteiger partial charge in [-0.05, 0) is 67.6 Å². The highest BCUT2D eigenvalue weighted by atomic mass is 32.1. The minimum absolute atomic E-state index is 0.275. The maximum absolute atomic E-state index is 13.5. The van der Waals surface area contributed by atoms with E-state index in [1.54, 1.807) is 18.2 Å². The number of imide groups is 1. The van der Waals surface area contributed by atoms with Crippen molar-refractivity contribution in [1.82, 2.24) is 0 Å². The third-order valence-corrected chi connectivity index (χ3v) is 5.92. The molecule has 0 bridgehead atoms. The van der Waals surface area contributed by atoms with Gasteiger partial charge in [0.1, 0.15) is 11.4 Å². The molecule has 0 saturated carbocycles. The van der Waals surface area contributed by atoms with E-state index in [0.717, 1.165) is 21.7 Å². The molecule has 1 aliphatic rings. The molecule has 1 aliphatic heterocycles. The van der Waals surface area contributed by atoms with E-state index < -0.39 is 5.91 Å². The van der Waals surface area contributed by atoms with Crippen molar-refractivity contribution in [3.8, 4) is 5.75 Å². The highest BCUT2D eigenvalue weighted by molar-refractivity contribution is 7.11. The van der Waals surface area contributed by atoms with Crippen LogP contribution in [0.2, 0.25) is 0 Å². The molecule has 0 spiro atoms. The molecule has 5 nitrogen and oxygen atoms in total. The molecule has 2 amide bonds. The van der Waals surface area contributed by atoms with E-state index in [4.69, 9.17) is 4.74 Å². The van der Waals surface area contributed by atoms with Gasteiger partial charge in [0, 0.05) is 10.6 Å². The van der Waals surface area contributed by atoms with Crippen LogP contribution in [0.5, 0.6) is 5.75 Å². The fourth-order valence-corrected chi connectivity index (χ4v) is 4.16. The second-order valence-corrected chi connectivity index (χ2v) is 7.95. The predicted octanol–water partition coefficient (Wildman–Crippen LogP) is 5.16. The van der Waals surface area contributed by atoms with Gasteiger partial charge < -0.3 is 10.1 Å². The van der Waals surface area contributed by atoms with Crippen LogP contribution in [0.25, 0.3) is 5.57 Å². The summed E-state index contributed by atoms with van der Waals surface area (Å²) in [5.74, 6) is -0.255. The van der Waals surface area contributed by atoms with E-state index in [0.29, 0.717) is 23.6 Å². The molecule has 152 valence electrons. The summed E-state index contributed by atoms with van der Waals surface area (Å²) in [4.78, 5) is 28.9. The number of aryl methyl sites for hydroxylation is 2. The Labute approximate surface area is 179 Å². The quantitative estimate of drug-likeness (QED) is 0.562. The number of para-hydroxylation sites is 2. The first-order chi connectivity index (χ1) is 14.5. The average Bonchev–Trinajstić information content (AvgIpc) is 3.33. The van der Waals surface area contributed by atoms with Crippen molar-refractivity contribution in [2.75, 3.05) is 16.8 Å². The summed E-state index contributed by atoms with van der Waals surface area (Å²) in [7, 11) is 0. The molecule has 2 aromatic carbocycles. The summed E-state index contributed by atoms with van der Waals surface area (Å²) in [6.07, 6.45) is 0. The topological polar surface area (TPSA) is 58.6 Å². The Balaban J connectivity index is 1.80. The first kappa shape index (κ1) is 19.9. The molecule has 0 aliphatic carbocycles. The SMILES string of the molecule is CCOc1ccccc1N1C(=O)C(Nc2ccc(C)c(C)c2)=C(c2cccs2)C1=O. The average molecular weight is 419 g/mol. The van der Waals surface area contributed by atoms with Gasteiger partial charge in [0.15, 0.2) is 0 Å². The first-order valence-corrected chi connectivity index (χ1v) is 10.6. The summed E-state index contributed by atoms with van der Waals surface area (Å²) >= 11 is 1.43. The second kappa shape index (κ2) is 8.16. The lowest BCUT2D eigenvalue weighted by molar-refractivity contribution is -0.120. The van der Waals surface area contributed by atoms with Gasteiger partial charge in [-0.2, -0.15) is 0 Å². The van der Waals surface area contributed by atoms with Gasteiger partial charge in [-0.3, -0.25) is 9.59 Å². The fourth-order valence-electron chi connectivity index (χ4n) is 3.40. The monoisotopic (exact) mass is 418 g/mol. The standard InChI is InChI=1S/C24H22N2O3S/c1-4-29-19-9-6-5-8-18(19)26-23(27)21(20-10-7-13-30-20)22(24(26)28)25-17-12-11-15(2)16(3)14-17/h5-14,25H,4H2,1-3H3. The van der Waals surface area contributed by atoms with Crippen LogP contribution in [-0.4, -0.2) is 18.4 Å². The van der Waals surface area contributed by atoms with E-state index in [9.17, 15) is 9.59 Å². The maximum Gasteiger partial charge on any atom is 0.282 e. The Bertz CT molecular complexity index is 1150. The van der Waals surface area contributed by atoms with E-state index in [1.807, 2.05) is 62.5 Å². The lowest BCUT2D eigenvalue weighted by atomic mass is 10.1. The van der Waals surface area contributed by atoms with E-state index >= 15 is 0 Å². The zero-order valence-electron chi connectivity index (χ0n) is 17.1. The summed E-state index contributed by atoms with van der Waals surface area (Å²) in [6, 6.07) is 16.7. The number of nitrogens with one attached hydrogen (secondary N) is 1. The third kappa shape index (κ3) is 3.50. The molecule has 0 unspecified atom stereocenters. The van der Waals surface area contributed by atoms with Crippen molar-refractivity contribution in [2.45, 2.75) is 20.8 Å². The number of ether oxygens (including phenoxy) is 1. The minimum atomic E-state index is -0.395. The molecule has 6 heteroatoms. The number of carbonyl (C=O) groups excluding carboxylic acids is 2. The molecule has 30 heavy (non-hydrogen) atoms. The van der Waals surface area contributed by atoms with Crippen molar-refractivity contribution in [3.05, 3.63) is 81.7 Å². The summed E-state index contributed by atoms with van der Waals surface area (Å²) in [5, 5.41) is 5.11. The van der Waals surface area contributed by atoms with E-state index in [2.05, 4.69) is 5.32 Å². The van der Waals surface area contributed by atoms with Crippen LogP contribution in [0.3, 0.4) is 0 Å². The van der Waals surface area contributed by atoms with Crippen LogP contribution in [-0.2, 0) is 9.59 Å². The lowest BCUT2D eigenvalue weighted by Crippen LogP contribution is -2.32. The number of amides is 2. The first-order valence-electron chi connectivity index (χ1n) is 9.74. The molecule has 3 aromatic rings. The Morgan fingerprint density at radius 3 is 2.47 bits per heavy atom. The molecule has 0 fully saturated rings. The molecule has 4 rings (SSSR count). The summed E-state index contributed by atoms with van der Waals surface area (Å²) in [6.45, 7) is 6.35. The molecular formula is C24H22N2O3S. The zero-order chi connectivity index (χ0) is 21.3. The van der Waals surface area contributed by atoms with Gasteiger partial charge in [0.25, 0.3) is 11.8 Å². The molecule has 2 heterocycles. The summed E-state index contributed by atoms with van der Waals surface area (Å²) in [5.41, 5.74) is 4.13. The van der Waals surface area contributed by atoms with Crippen molar-refractivity contribution in [3.63, 3.8) is 0 Å². The number of carbonyl (C=O) groups is 2. The van der Waals surface area contributed by atoms with Gasteiger partial charge in [0.2, 0.25) is 0 Å². The van der Waals surface area contributed by atoms with Crippen molar-refractivity contribution < 1.29 is 14.3 Å². The number of hydrogen-bond acceptors (Lipinski definition) is 5. The van der Waals surface area contributed by atoms with Crippen LogP contribution in [0.15, 0.2) is 65.7 Å². The van der Waals surface area contributed by atoms with Gasteiger partial charge in [-0.25, -0.2) is 4.90 Å². The van der Waals surface area contributed by atoms with Crippen LogP contribution in [0.1, 0.15) is 22.9 Å². The fraction of sp³-hybridized carbons (Fsp3) is 0.167. The normalized spacial score (nSPS) is 13.9. The molecule has 1 aromatic heterocycles. The Hall–Kier alpha value is -3.38. The predicted molar refractivity (Wildman–Crippen MR) is 121 cm³/mol. The van der Waals surface area contributed by atoms with Crippen LogP contribution in [0.4, 0.5) is 11.4 Å².